The first kappa shape index (κ1) is 15.7. The van der Waals surface area contributed by atoms with Gasteiger partial charge in [-0.15, -0.1) is 0 Å². The first-order valence-corrected chi connectivity index (χ1v) is 9.63. The van der Waals surface area contributed by atoms with Crippen LogP contribution in [0.5, 0.6) is 0 Å². The second kappa shape index (κ2) is 5.37. The van der Waals surface area contributed by atoms with Crippen molar-refractivity contribution < 1.29 is 8.42 Å². The molecule has 2 N–H and O–H groups in total. The highest BCUT2D eigenvalue weighted by molar-refractivity contribution is 7.86. The van der Waals surface area contributed by atoms with Crippen LogP contribution in [0, 0.1) is 13.8 Å². The quantitative estimate of drug-likeness (QED) is 0.894. The minimum atomic E-state index is -3.65. The largest absolute Gasteiger partial charge is 0.353 e. The van der Waals surface area contributed by atoms with Crippen LogP contribution in [-0.4, -0.2) is 47.9 Å². The molecule has 0 radical (unpaired) electrons. The van der Waals surface area contributed by atoms with E-state index in [0.717, 1.165) is 29.6 Å². The fourth-order valence-corrected chi connectivity index (χ4v) is 4.56. The number of fused-ring (bicyclic) bond motifs is 1. The molecule has 2 aliphatic rings. The minimum Gasteiger partial charge on any atom is -0.353 e. The average molecular weight is 347 g/mol. The van der Waals surface area contributed by atoms with Gasteiger partial charge in [-0.25, -0.2) is 15.1 Å². The van der Waals surface area contributed by atoms with Crippen LogP contribution in [0.3, 0.4) is 0 Å². The highest BCUT2D eigenvalue weighted by Crippen LogP contribution is 2.35. The lowest BCUT2D eigenvalue weighted by atomic mass is 10.0. The van der Waals surface area contributed by atoms with Gasteiger partial charge in [0.2, 0.25) is 0 Å². The molecule has 1 saturated heterocycles. The summed E-state index contributed by atoms with van der Waals surface area (Å²) >= 11 is 0. The lowest BCUT2D eigenvalue weighted by molar-refractivity contribution is 0.264. The molecule has 0 bridgehead atoms. The van der Waals surface area contributed by atoms with E-state index in [9.17, 15) is 8.42 Å². The van der Waals surface area contributed by atoms with Gasteiger partial charge in [0, 0.05) is 24.5 Å². The summed E-state index contributed by atoms with van der Waals surface area (Å²) in [6.45, 7) is 5.37. The van der Waals surface area contributed by atoms with Crippen molar-refractivity contribution in [3.05, 3.63) is 29.6 Å². The Morgan fingerprint density at radius 1 is 1.12 bits per heavy atom. The molecule has 0 spiro atoms. The van der Waals surface area contributed by atoms with Crippen molar-refractivity contribution in [1.29, 1.82) is 0 Å². The third-order valence-corrected chi connectivity index (χ3v) is 6.14. The molecule has 2 fully saturated rings. The van der Waals surface area contributed by atoms with Crippen molar-refractivity contribution in [2.75, 3.05) is 18.0 Å². The van der Waals surface area contributed by atoms with Crippen molar-refractivity contribution >= 4 is 26.9 Å². The second-order valence-electron chi connectivity index (χ2n) is 6.82. The van der Waals surface area contributed by atoms with Crippen LogP contribution in [0.25, 0.3) is 10.9 Å². The molecule has 2 heterocycles. The number of hydrogen-bond donors (Lipinski definition) is 1. The summed E-state index contributed by atoms with van der Waals surface area (Å²) in [5.74, 6) is 0.865. The van der Waals surface area contributed by atoms with Crippen molar-refractivity contribution in [2.45, 2.75) is 38.8 Å². The van der Waals surface area contributed by atoms with Crippen LogP contribution < -0.4 is 10.0 Å². The van der Waals surface area contributed by atoms with Crippen molar-refractivity contribution in [1.82, 2.24) is 14.3 Å². The number of aryl methyl sites for hydroxylation is 2. The summed E-state index contributed by atoms with van der Waals surface area (Å²) in [7, 11) is -3.65. The van der Waals surface area contributed by atoms with Gasteiger partial charge in [0.25, 0.3) is 10.2 Å². The number of nitrogens with zero attached hydrogens (tertiary/aromatic N) is 4. The first-order valence-electron chi connectivity index (χ1n) is 8.13. The highest BCUT2D eigenvalue weighted by Gasteiger charge is 2.45. The number of benzene rings is 1. The lowest BCUT2D eigenvalue weighted by Gasteiger charge is -2.45. The van der Waals surface area contributed by atoms with Crippen LogP contribution in [0.4, 0.5) is 5.82 Å². The summed E-state index contributed by atoms with van der Waals surface area (Å²) in [4.78, 5) is 10.9. The molecule has 128 valence electrons. The van der Waals surface area contributed by atoms with E-state index in [4.69, 9.17) is 5.14 Å². The summed E-state index contributed by atoms with van der Waals surface area (Å²) in [5, 5.41) is 6.40. The Bertz CT molecular complexity index is 904. The Kier molecular flexibility index (Phi) is 3.52. The summed E-state index contributed by atoms with van der Waals surface area (Å²) in [6, 6.07) is 4.18. The molecule has 1 aromatic heterocycles. The van der Waals surface area contributed by atoms with Gasteiger partial charge in [0.05, 0.1) is 11.6 Å². The Balaban J connectivity index is 1.61. The van der Waals surface area contributed by atoms with Gasteiger partial charge >= 0.3 is 0 Å². The maximum absolute atomic E-state index is 11.8. The van der Waals surface area contributed by atoms with Crippen LogP contribution in [-0.2, 0) is 10.2 Å². The summed E-state index contributed by atoms with van der Waals surface area (Å²) in [6.07, 6.45) is 3.38. The highest BCUT2D eigenvalue weighted by atomic mass is 32.2. The number of aromatic nitrogens is 2. The molecular formula is C16H21N5O2S. The zero-order valence-corrected chi connectivity index (χ0v) is 14.6. The van der Waals surface area contributed by atoms with Crippen molar-refractivity contribution in [2.24, 2.45) is 5.14 Å². The number of nitrogens with two attached hydrogens (primary N) is 1. The molecule has 1 aromatic carbocycles. The van der Waals surface area contributed by atoms with Crippen LogP contribution in [0.1, 0.15) is 24.0 Å². The number of anilines is 1. The molecule has 1 saturated carbocycles. The molecule has 1 aliphatic carbocycles. The van der Waals surface area contributed by atoms with Crippen LogP contribution in [0.2, 0.25) is 0 Å². The van der Waals surface area contributed by atoms with E-state index in [1.54, 1.807) is 6.33 Å². The van der Waals surface area contributed by atoms with Crippen molar-refractivity contribution in [3.63, 3.8) is 0 Å². The van der Waals surface area contributed by atoms with Gasteiger partial charge < -0.3 is 4.90 Å². The standard InChI is InChI=1S/C16H21N5O2S/c1-10-5-14-15(6-11(10)2)18-9-19-16(14)20-7-13(8-20)21(12-3-4-12)24(17,22)23/h5-6,9,12-13H,3-4,7-8H2,1-2H3,(H2,17,22,23). The topological polar surface area (TPSA) is 92.4 Å². The predicted octanol–water partition coefficient (Wildman–Crippen LogP) is 1.10. The maximum Gasteiger partial charge on any atom is 0.277 e. The van der Waals surface area contributed by atoms with E-state index in [-0.39, 0.29) is 12.1 Å². The predicted molar refractivity (Wildman–Crippen MR) is 93.0 cm³/mol. The Hall–Kier alpha value is -1.77. The van der Waals surface area contributed by atoms with E-state index in [1.807, 2.05) is 0 Å². The van der Waals surface area contributed by atoms with Gasteiger partial charge in [-0.1, -0.05) is 0 Å². The fourth-order valence-electron chi connectivity index (χ4n) is 3.39. The zero-order chi connectivity index (χ0) is 17.1. The molecule has 24 heavy (non-hydrogen) atoms. The summed E-state index contributed by atoms with van der Waals surface area (Å²) in [5.41, 5.74) is 3.31. The molecule has 2 aromatic rings. The van der Waals surface area contributed by atoms with E-state index in [1.165, 1.54) is 15.4 Å². The van der Waals surface area contributed by atoms with Gasteiger partial charge in [-0.05, 0) is 49.9 Å². The Morgan fingerprint density at radius 2 is 1.79 bits per heavy atom. The zero-order valence-electron chi connectivity index (χ0n) is 13.8. The average Bonchev–Trinajstić information content (AvgIpc) is 3.26. The lowest BCUT2D eigenvalue weighted by Crippen LogP contribution is -2.62. The monoisotopic (exact) mass is 347 g/mol. The smallest absolute Gasteiger partial charge is 0.277 e. The first-order chi connectivity index (χ1) is 11.3. The Labute approximate surface area is 141 Å². The number of hydrogen-bond acceptors (Lipinski definition) is 5. The molecule has 7 nitrogen and oxygen atoms in total. The van der Waals surface area contributed by atoms with Gasteiger partial charge in [0.1, 0.15) is 12.1 Å². The van der Waals surface area contributed by atoms with E-state index < -0.39 is 10.2 Å². The van der Waals surface area contributed by atoms with E-state index in [2.05, 4.69) is 40.8 Å². The molecule has 8 heteroatoms. The van der Waals surface area contributed by atoms with Crippen LogP contribution in [0.15, 0.2) is 18.5 Å². The summed E-state index contributed by atoms with van der Waals surface area (Å²) < 4.78 is 25.2. The van der Waals surface area contributed by atoms with Gasteiger partial charge in [-0.2, -0.15) is 12.7 Å². The normalized spacial score (nSPS) is 19.1. The molecule has 4 rings (SSSR count). The van der Waals surface area contributed by atoms with Gasteiger partial charge in [0.15, 0.2) is 0 Å². The van der Waals surface area contributed by atoms with E-state index >= 15 is 0 Å². The SMILES string of the molecule is Cc1cc2ncnc(N3CC(N(C4CC4)S(N)(=O)=O)C3)c2cc1C. The second-order valence-corrected chi connectivity index (χ2v) is 8.27. The third kappa shape index (κ3) is 2.64. The molecule has 0 amide bonds. The third-order valence-electron chi connectivity index (χ3n) is 4.95. The molecule has 0 atom stereocenters. The van der Waals surface area contributed by atoms with E-state index in [0.29, 0.717) is 13.1 Å². The van der Waals surface area contributed by atoms with Gasteiger partial charge in [-0.3, -0.25) is 0 Å². The fraction of sp³-hybridized carbons (Fsp3) is 0.500. The van der Waals surface area contributed by atoms with Crippen molar-refractivity contribution in [3.8, 4) is 0 Å². The maximum atomic E-state index is 11.8. The molecule has 0 unspecified atom stereocenters. The minimum absolute atomic E-state index is 0.0657. The molecule has 1 aliphatic heterocycles. The molecular weight excluding hydrogens is 326 g/mol. The van der Waals surface area contributed by atoms with Crippen LogP contribution >= 0.6 is 0 Å². The Morgan fingerprint density at radius 3 is 2.42 bits per heavy atom. The number of rotatable bonds is 4.